The topological polar surface area (TPSA) is 38.7 Å². The number of methoxy groups -OCH3 is 2. The summed E-state index contributed by atoms with van der Waals surface area (Å²) in [6.45, 7) is 2.01. The summed E-state index contributed by atoms with van der Waals surface area (Å²) in [5.41, 5.74) is 3.26. The van der Waals surface area contributed by atoms with Crippen LogP contribution in [0, 0.1) is 10.5 Å². The van der Waals surface area contributed by atoms with E-state index >= 15 is 0 Å². The molecule has 1 N–H and O–H groups in total. The molecular formula is C19H17IO3. The van der Waals surface area contributed by atoms with Crippen LogP contribution in [0.1, 0.15) is 5.56 Å². The predicted molar refractivity (Wildman–Crippen MR) is 102 cm³/mol. The smallest absolute Gasteiger partial charge is 0.161 e. The normalized spacial score (nSPS) is 10.8. The van der Waals surface area contributed by atoms with Gasteiger partial charge in [0, 0.05) is 8.96 Å². The molecule has 0 bridgehead atoms. The Kier molecular flexibility index (Phi) is 4.35. The number of phenols is 1. The second-order valence-electron chi connectivity index (χ2n) is 5.32. The number of benzene rings is 3. The lowest BCUT2D eigenvalue weighted by Crippen LogP contribution is -1.94. The minimum absolute atomic E-state index is 0.244. The molecule has 3 aromatic carbocycles. The van der Waals surface area contributed by atoms with Crippen LogP contribution in [0.4, 0.5) is 0 Å². The lowest BCUT2D eigenvalue weighted by atomic mass is 9.93. The molecule has 23 heavy (non-hydrogen) atoms. The Hall–Kier alpha value is -1.95. The van der Waals surface area contributed by atoms with Crippen LogP contribution in [0.25, 0.3) is 21.9 Å². The average Bonchev–Trinajstić information content (AvgIpc) is 2.55. The van der Waals surface area contributed by atoms with E-state index in [-0.39, 0.29) is 5.75 Å². The van der Waals surface area contributed by atoms with Crippen LogP contribution >= 0.6 is 22.6 Å². The van der Waals surface area contributed by atoms with Gasteiger partial charge in [0.05, 0.1) is 14.2 Å². The minimum Gasteiger partial charge on any atom is -0.507 e. The summed E-state index contributed by atoms with van der Waals surface area (Å²) >= 11 is 2.34. The van der Waals surface area contributed by atoms with Gasteiger partial charge in [0.15, 0.2) is 11.5 Å². The van der Waals surface area contributed by atoms with Gasteiger partial charge in [-0.25, -0.2) is 0 Å². The van der Waals surface area contributed by atoms with Gasteiger partial charge in [0.2, 0.25) is 0 Å². The van der Waals surface area contributed by atoms with Crippen LogP contribution in [0.5, 0.6) is 17.2 Å². The molecule has 4 heteroatoms. The van der Waals surface area contributed by atoms with E-state index in [2.05, 4.69) is 34.7 Å². The van der Waals surface area contributed by atoms with Crippen molar-refractivity contribution < 1.29 is 14.6 Å². The van der Waals surface area contributed by atoms with Gasteiger partial charge in [0.25, 0.3) is 0 Å². The standard InChI is InChI=1S/C19H17IO3/c1-11-8-16(21)13-9-17(22-2)18(23-3)10-14(13)19(11)12-6-4-5-7-15(12)20/h4-10,21H,1-3H3. The Morgan fingerprint density at radius 2 is 1.52 bits per heavy atom. The monoisotopic (exact) mass is 420 g/mol. The van der Waals surface area contributed by atoms with Crippen molar-refractivity contribution in [2.45, 2.75) is 6.92 Å². The molecule has 0 heterocycles. The number of hydrogen-bond donors (Lipinski definition) is 1. The summed E-state index contributed by atoms with van der Waals surface area (Å²) in [4.78, 5) is 0. The Bertz CT molecular complexity index is 887. The van der Waals surface area contributed by atoms with Gasteiger partial charge in [-0.1, -0.05) is 18.2 Å². The van der Waals surface area contributed by atoms with Gasteiger partial charge in [0.1, 0.15) is 5.75 Å². The maximum absolute atomic E-state index is 10.4. The summed E-state index contributed by atoms with van der Waals surface area (Å²) in [5, 5.41) is 12.1. The first-order valence-electron chi connectivity index (χ1n) is 7.20. The number of halogens is 1. The van der Waals surface area contributed by atoms with E-state index in [1.54, 1.807) is 20.3 Å². The van der Waals surface area contributed by atoms with Gasteiger partial charge in [-0.15, -0.1) is 0 Å². The van der Waals surface area contributed by atoms with E-state index in [1.807, 2.05) is 31.2 Å². The molecule has 0 aliphatic heterocycles. The number of aromatic hydroxyl groups is 1. The molecule has 0 spiro atoms. The first-order valence-corrected chi connectivity index (χ1v) is 8.28. The van der Waals surface area contributed by atoms with Crippen molar-refractivity contribution in [1.82, 2.24) is 0 Å². The lowest BCUT2D eigenvalue weighted by molar-refractivity contribution is 0.355. The van der Waals surface area contributed by atoms with Crippen molar-refractivity contribution in [3.63, 3.8) is 0 Å². The highest BCUT2D eigenvalue weighted by molar-refractivity contribution is 14.1. The molecular weight excluding hydrogens is 403 g/mol. The molecule has 0 saturated carbocycles. The Balaban J connectivity index is 2.44. The van der Waals surface area contributed by atoms with Crippen molar-refractivity contribution in [2.24, 2.45) is 0 Å². The summed E-state index contributed by atoms with van der Waals surface area (Å²) in [6.07, 6.45) is 0. The second-order valence-corrected chi connectivity index (χ2v) is 6.48. The molecule has 0 unspecified atom stereocenters. The van der Waals surface area contributed by atoms with Gasteiger partial charge in [-0.05, 0) is 75.9 Å². The highest BCUT2D eigenvalue weighted by atomic mass is 127. The van der Waals surface area contributed by atoms with Gasteiger partial charge >= 0.3 is 0 Å². The molecule has 3 rings (SSSR count). The van der Waals surface area contributed by atoms with E-state index in [9.17, 15) is 5.11 Å². The van der Waals surface area contributed by atoms with E-state index in [0.29, 0.717) is 11.5 Å². The number of ether oxygens (including phenoxy) is 2. The lowest BCUT2D eigenvalue weighted by Gasteiger charge is -2.16. The second kappa shape index (κ2) is 6.28. The SMILES string of the molecule is COc1cc2c(O)cc(C)c(-c3ccccc3I)c2cc1OC. The number of aryl methyl sites for hydroxylation is 1. The number of phenolic OH excluding ortho intramolecular Hbond substituents is 1. The van der Waals surface area contributed by atoms with Crippen molar-refractivity contribution in [1.29, 1.82) is 0 Å². The predicted octanol–water partition coefficient (Wildman–Crippen LogP) is 5.14. The van der Waals surface area contributed by atoms with Gasteiger partial charge in [-0.3, -0.25) is 0 Å². The quantitative estimate of drug-likeness (QED) is 0.597. The number of fused-ring (bicyclic) bond motifs is 1. The van der Waals surface area contributed by atoms with Crippen LogP contribution in [0.2, 0.25) is 0 Å². The first-order chi connectivity index (χ1) is 11.1. The molecule has 3 nitrogen and oxygen atoms in total. The van der Waals surface area contributed by atoms with E-state index in [1.165, 1.54) is 0 Å². The van der Waals surface area contributed by atoms with Gasteiger partial charge < -0.3 is 14.6 Å². The molecule has 0 saturated heterocycles. The highest BCUT2D eigenvalue weighted by Crippen LogP contribution is 2.43. The van der Waals surface area contributed by atoms with Crippen molar-refractivity contribution >= 4 is 33.4 Å². The van der Waals surface area contributed by atoms with Crippen LogP contribution in [0.3, 0.4) is 0 Å². The molecule has 0 fully saturated rings. The van der Waals surface area contributed by atoms with Crippen LogP contribution in [-0.2, 0) is 0 Å². The number of hydrogen-bond acceptors (Lipinski definition) is 3. The average molecular weight is 420 g/mol. The molecule has 0 atom stereocenters. The molecule has 3 aromatic rings. The Labute approximate surface area is 149 Å². The molecule has 0 aromatic heterocycles. The van der Waals surface area contributed by atoms with Crippen LogP contribution in [-0.4, -0.2) is 19.3 Å². The van der Waals surface area contributed by atoms with Crippen molar-refractivity contribution in [3.05, 3.63) is 51.6 Å². The Morgan fingerprint density at radius 1 is 0.913 bits per heavy atom. The fourth-order valence-corrected chi connectivity index (χ4v) is 3.54. The zero-order chi connectivity index (χ0) is 16.6. The van der Waals surface area contributed by atoms with E-state index in [4.69, 9.17) is 9.47 Å². The zero-order valence-electron chi connectivity index (χ0n) is 13.2. The molecule has 0 amide bonds. The van der Waals surface area contributed by atoms with Crippen LogP contribution < -0.4 is 9.47 Å². The number of rotatable bonds is 3. The van der Waals surface area contributed by atoms with E-state index < -0.39 is 0 Å². The largest absolute Gasteiger partial charge is 0.507 e. The summed E-state index contributed by atoms with van der Waals surface area (Å²) in [5.74, 6) is 1.50. The maximum atomic E-state index is 10.4. The van der Waals surface area contributed by atoms with E-state index in [0.717, 1.165) is 31.0 Å². The first kappa shape index (κ1) is 15.9. The zero-order valence-corrected chi connectivity index (χ0v) is 15.3. The van der Waals surface area contributed by atoms with Crippen LogP contribution in [0.15, 0.2) is 42.5 Å². The molecule has 118 valence electrons. The highest BCUT2D eigenvalue weighted by Gasteiger charge is 2.16. The molecule has 0 aliphatic rings. The fourth-order valence-electron chi connectivity index (χ4n) is 2.89. The van der Waals surface area contributed by atoms with Crippen molar-refractivity contribution in [3.8, 4) is 28.4 Å². The molecule has 0 radical (unpaired) electrons. The minimum atomic E-state index is 0.244. The third-order valence-electron chi connectivity index (χ3n) is 3.96. The fraction of sp³-hybridized carbons (Fsp3) is 0.158. The third kappa shape index (κ3) is 2.72. The van der Waals surface area contributed by atoms with Gasteiger partial charge in [-0.2, -0.15) is 0 Å². The molecule has 0 aliphatic carbocycles. The van der Waals surface area contributed by atoms with Crippen molar-refractivity contribution in [2.75, 3.05) is 14.2 Å². The summed E-state index contributed by atoms with van der Waals surface area (Å²) in [6, 6.07) is 13.8. The summed E-state index contributed by atoms with van der Waals surface area (Å²) in [7, 11) is 3.21. The Morgan fingerprint density at radius 3 is 2.13 bits per heavy atom. The maximum Gasteiger partial charge on any atom is 0.161 e. The third-order valence-corrected chi connectivity index (χ3v) is 4.90. The summed E-state index contributed by atoms with van der Waals surface area (Å²) < 4.78 is 12.0.